The Kier molecular flexibility index (Phi) is 6.40. The fraction of sp³-hybridized carbons (Fsp3) is 0.214. The summed E-state index contributed by atoms with van der Waals surface area (Å²) in [5.74, 6) is -0.867. The Bertz CT molecular complexity index is 1350. The van der Waals surface area contributed by atoms with Gasteiger partial charge in [-0.3, -0.25) is 4.79 Å². The molecule has 3 aromatic carbocycles. The highest BCUT2D eigenvalue weighted by atomic mass is 35.5. The zero-order chi connectivity index (χ0) is 25.4. The third-order valence-corrected chi connectivity index (χ3v) is 7.50. The average molecular weight is 510 g/mol. The first-order valence-corrected chi connectivity index (χ1v) is 11.6. The third-order valence-electron chi connectivity index (χ3n) is 6.92. The Morgan fingerprint density at radius 3 is 2.31 bits per heavy atom. The summed E-state index contributed by atoms with van der Waals surface area (Å²) in [6.07, 6.45) is 1.58. The molecule has 0 spiro atoms. The maximum absolute atomic E-state index is 14.7. The lowest BCUT2D eigenvalue weighted by Crippen LogP contribution is -2.30. The molecule has 1 fully saturated rings. The minimum atomic E-state index is -1.46. The Hall–Kier alpha value is -3.33. The molecule has 2 unspecified atom stereocenters. The Morgan fingerprint density at radius 1 is 1.06 bits per heavy atom. The fourth-order valence-corrected chi connectivity index (χ4v) is 5.46. The number of hydrogen-bond donors (Lipinski definition) is 0. The molecule has 1 aliphatic rings. The van der Waals surface area contributed by atoms with Crippen molar-refractivity contribution in [1.82, 2.24) is 0 Å². The van der Waals surface area contributed by atoms with Crippen LogP contribution in [-0.4, -0.2) is 13.1 Å². The van der Waals surface area contributed by atoms with Gasteiger partial charge < -0.3 is 9.47 Å². The molecule has 7 heteroatoms. The van der Waals surface area contributed by atoms with Gasteiger partial charge in [0.15, 0.2) is 11.6 Å². The van der Waals surface area contributed by atoms with Crippen LogP contribution in [0.5, 0.6) is 11.5 Å². The highest BCUT2D eigenvalue weighted by Crippen LogP contribution is 2.79. The molecule has 0 amide bonds. The number of esters is 1. The monoisotopic (exact) mass is 509 g/mol. The maximum Gasteiger partial charge on any atom is 0.318 e. The van der Waals surface area contributed by atoms with Crippen molar-refractivity contribution >= 4 is 34.2 Å². The second kappa shape index (κ2) is 9.03. The number of halogens is 3. The molecule has 1 aliphatic carbocycles. The SMILES string of the molecule is COC(=O)C1(c2ccc(F)c(Oc3ccccc3)c2)C(C)(C)C1(C#N)/C=C(\Cl)c1ccc(Cl)cc1. The van der Waals surface area contributed by atoms with Gasteiger partial charge in [-0.25, -0.2) is 4.39 Å². The third kappa shape index (κ3) is 3.69. The lowest BCUT2D eigenvalue weighted by atomic mass is 9.85. The van der Waals surface area contributed by atoms with Crippen LogP contribution < -0.4 is 4.74 Å². The van der Waals surface area contributed by atoms with E-state index in [0.717, 1.165) is 0 Å². The van der Waals surface area contributed by atoms with E-state index in [9.17, 15) is 14.4 Å². The van der Waals surface area contributed by atoms with Crippen LogP contribution in [0.2, 0.25) is 5.02 Å². The minimum absolute atomic E-state index is 0.0701. The van der Waals surface area contributed by atoms with Crippen LogP contribution in [0.25, 0.3) is 5.03 Å². The zero-order valence-electron chi connectivity index (χ0n) is 19.3. The molecule has 4 nitrogen and oxygen atoms in total. The summed E-state index contributed by atoms with van der Waals surface area (Å²) in [5, 5.41) is 11.3. The van der Waals surface area contributed by atoms with Gasteiger partial charge in [-0.05, 0) is 53.6 Å². The second-order valence-electron chi connectivity index (χ2n) is 8.85. The van der Waals surface area contributed by atoms with Gasteiger partial charge in [0.2, 0.25) is 0 Å². The van der Waals surface area contributed by atoms with E-state index in [1.165, 1.54) is 25.3 Å². The van der Waals surface area contributed by atoms with Gasteiger partial charge >= 0.3 is 5.97 Å². The van der Waals surface area contributed by atoms with Gasteiger partial charge in [0.1, 0.15) is 16.6 Å². The normalized spacial score (nSPS) is 22.7. The number of methoxy groups -OCH3 is 1. The standard InChI is InChI=1S/C28H22Cl2FNO3/c1-26(2)27(17-32,16-22(30)18-9-12-20(29)13-10-18)28(26,25(33)34-3)19-11-14-23(31)24(15-19)35-21-7-5-4-6-8-21/h4-16H,1-3H3/b22-16-. The van der Waals surface area contributed by atoms with E-state index in [1.54, 1.807) is 68.5 Å². The molecule has 1 saturated carbocycles. The number of rotatable bonds is 6. The summed E-state index contributed by atoms with van der Waals surface area (Å²) in [6, 6.07) is 22.0. The van der Waals surface area contributed by atoms with Crippen molar-refractivity contribution in [2.45, 2.75) is 19.3 Å². The largest absolute Gasteiger partial charge is 0.468 e. The van der Waals surface area contributed by atoms with Gasteiger partial charge in [-0.1, -0.05) is 73.4 Å². The quantitative estimate of drug-likeness (QED) is 0.322. The molecule has 3 aromatic rings. The van der Waals surface area contributed by atoms with Gasteiger partial charge in [0.05, 0.1) is 13.2 Å². The molecule has 178 valence electrons. The molecule has 35 heavy (non-hydrogen) atoms. The maximum atomic E-state index is 14.7. The number of carbonyl (C=O) groups is 1. The molecule has 0 radical (unpaired) electrons. The number of benzene rings is 3. The molecule has 4 rings (SSSR count). The fourth-order valence-electron chi connectivity index (χ4n) is 5.04. The highest BCUT2D eigenvalue weighted by molar-refractivity contribution is 6.49. The molecule has 0 heterocycles. The van der Waals surface area contributed by atoms with Crippen molar-refractivity contribution in [1.29, 1.82) is 5.26 Å². The van der Waals surface area contributed by atoms with E-state index in [-0.39, 0.29) is 10.8 Å². The van der Waals surface area contributed by atoms with Gasteiger partial charge in [-0.15, -0.1) is 0 Å². The highest BCUT2D eigenvalue weighted by Gasteiger charge is 2.87. The molecule has 0 N–H and O–H groups in total. The van der Waals surface area contributed by atoms with E-state index in [4.69, 9.17) is 32.7 Å². The van der Waals surface area contributed by atoms with Crippen molar-refractivity contribution < 1.29 is 18.7 Å². The Labute approximate surface area is 213 Å². The first-order valence-electron chi connectivity index (χ1n) is 10.8. The van der Waals surface area contributed by atoms with Crippen LogP contribution in [0, 0.1) is 28.0 Å². The van der Waals surface area contributed by atoms with Crippen LogP contribution in [0.15, 0.2) is 78.9 Å². The molecule has 2 atom stereocenters. The Morgan fingerprint density at radius 2 is 1.71 bits per heavy atom. The summed E-state index contributed by atoms with van der Waals surface area (Å²) in [6.45, 7) is 3.58. The van der Waals surface area contributed by atoms with Crippen molar-refractivity contribution in [2.24, 2.45) is 10.8 Å². The summed E-state index contributed by atoms with van der Waals surface area (Å²) >= 11 is 12.6. The van der Waals surface area contributed by atoms with E-state index in [2.05, 4.69) is 6.07 Å². The van der Waals surface area contributed by atoms with Crippen molar-refractivity contribution in [3.63, 3.8) is 0 Å². The number of allylic oxidation sites excluding steroid dienone is 1. The van der Waals surface area contributed by atoms with E-state index in [1.807, 2.05) is 6.07 Å². The predicted molar refractivity (Wildman–Crippen MR) is 134 cm³/mol. The molecular weight excluding hydrogens is 488 g/mol. The van der Waals surface area contributed by atoms with Crippen LogP contribution >= 0.6 is 23.2 Å². The van der Waals surface area contributed by atoms with Crippen LogP contribution in [0.4, 0.5) is 4.39 Å². The van der Waals surface area contributed by atoms with Crippen LogP contribution in [0.1, 0.15) is 25.0 Å². The molecule has 0 aromatic heterocycles. The average Bonchev–Trinajstić information content (AvgIpc) is 3.30. The molecular formula is C28H22Cl2FNO3. The summed E-state index contributed by atoms with van der Waals surface area (Å²) in [5.41, 5.74) is -2.76. The van der Waals surface area contributed by atoms with E-state index in [0.29, 0.717) is 21.9 Å². The van der Waals surface area contributed by atoms with E-state index >= 15 is 0 Å². The van der Waals surface area contributed by atoms with Crippen molar-refractivity contribution in [2.75, 3.05) is 7.11 Å². The number of carbonyl (C=O) groups excluding carboxylic acids is 1. The zero-order valence-corrected chi connectivity index (χ0v) is 20.8. The predicted octanol–water partition coefficient (Wildman–Crippen LogP) is 7.51. The second-order valence-corrected chi connectivity index (χ2v) is 9.69. The van der Waals surface area contributed by atoms with E-state index < -0.39 is 28.0 Å². The molecule has 0 aliphatic heterocycles. The summed E-state index contributed by atoms with van der Waals surface area (Å²) < 4.78 is 25.7. The number of ether oxygens (including phenoxy) is 2. The lowest BCUT2D eigenvalue weighted by Gasteiger charge is -2.20. The number of para-hydroxylation sites is 1. The lowest BCUT2D eigenvalue weighted by molar-refractivity contribution is -0.145. The number of hydrogen-bond acceptors (Lipinski definition) is 4. The van der Waals surface area contributed by atoms with Gasteiger partial charge in [0.25, 0.3) is 0 Å². The Balaban J connectivity index is 1.88. The summed E-state index contributed by atoms with van der Waals surface area (Å²) in [7, 11) is 1.26. The first kappa shape index (κ1) is 24.8. The van der Waals surface area contributed by atoms with Crippen LogP contribution in [-0.2, 0) is 14.9 Å². The van der Waals surface area contributed by atoms with Crippen molar-refractivity contribution in [3.8, 4) is 17.6 Å². The first-order chi connectivity index (χ1) is 16.6. The summed E-state index contributed by atoms with van der Waals surface area (Å²) in [4.78, 5) is 13.4. The van der Waals surface area contributed by atoms with Crippen LogP contribution in [0.3, 0.4) is 0 Å². The number of nitrogens with zero attached hydrogens (tertiary/aromatic N) is 1. The van der Waals surface area contributed by atoms with Gasteiger partial charge in [0, 0.05) is 15.5 Å². The molecule has 0 saturated heterocycles. The minimum Gasteiger partial charge on any atom is -0.468 e. The van der Waals surface area contributed by atoms with Crippen molar-refractivity contribution in [3.05, 3.63) is 101 Å². The number of nitriles is 1. The van der Waals surface area contributed by atoms with Gasteiger partial charge in [-0.2, -0.15) is 5.26 Å². The topological polar surface area (TPSA) is 59.3 Å². The smallest absolute Gasteiger partial charge is 0.318 e. The molecule has 0 bridgehead atoms.